The Morgan fingerprint density at radius 2 is 2.29 bits per heavy atom. The molecule has 0 fully saturated rings. The van der Waals surface area contributed by atoms with Gasteiger partial charge < -0.3 is 11.1 Å². The average Bonchev–Trinajstić information content (AvgIpc) is 2.78. The number of hydrogen-bond acceptors (Lipinski definition) is 4. The Kier molecular flexibility index (Phi) is 4.47. The molecule has 1 unspecified atom stereocenters. The van der Waals surface area contributed by atoms with Gasteiger partial charge >= 0.3 is 0 Å². The molecule has 3 rings (SSSR count). The molecule has 0 aliphatic carbocycles. The van der Waals surface area contributed by atoms with Crippen LogP contribution in [0.5, 0.6) is 0 Å². The average molecular weight is 308 g/mol. The molecular formula is C14H18ClN5O. The van der Waals surface area contributed by atoms with E-state index in [4.69, 9.17) is 5.73 Å². The highest BCUT2D eigenvalue weighted by molar-refractivity contribution is 5.95. The van der Waals surface area contributed by atoms with Crippen LogP contribution >= 0.6 is 12.4 Å². The van der Waals surface area contributed by atoms with Crippen LogP contribution in [-0.2, 0) is 13.0 Å². The predicted molar refractivity (Wildman–Crippen MR) is 82.4 cm³/mol. The smallest absolute Gasteiger partial charge is 0.251 e. The Hall–Kier alpha value is -2.08. The van der Waals surface area contributed by atoms with E-state index < -0.39 is 0 Å². The number of halogens is 1. The van der Waals surface area contributed by atoms with E-state index in [0.717, 1.165) is 24.5 Å². The summed E-state index contributed by atoms with van der Waals surface area (Å²) < 4.78 is 1.88. The van der Waals surface area contributed by atoms with E-state index in [1.807, 2.05) is 11.6 Å². The Labute approximate surface area is 129 Å². The summed E-state index contributed by atoms with van der Waals surface area (Å²) in [6.45, 7) is 2.55. The van der Waals surface area contributed by atoms with E-state index in [1.165, 1.54) is 0 Å². The summed E-state index contributed by atoms with van der Waals surface area (Å²) in [6, 6.07) is 7.08. The van der Waals surface area contributed by atoms with Gasteiger partial charge in [-0.25, -0.2) is 9.67 Å². The molecule has 1 aliphatic rings. The Morgan fingerprint density at radius 3 is 3.05 bits per heavy atom. The Balaban J connectivity index is 0.00000161. The first-order chi connectivity index (χ1) is 9.61. The molecular weight excluding hydrogens is 290 g/mol. The molecule has 1 aromatic heterocycles. The number of carbonyl (C=O) groups is 1. The maximum Gasteiger partial charge on any atom is 0.251 e. The van der Waals surface area contributed by atoms with Gasteiger partial charge in [0.05, 0.1) is 6.54 Å². The molecule has 21 heavy (non-hydrogen) atoms. The second-order valence-corrected chi connectivity index (χ2v) is 5.09. The largest absolute Gasteiger partial charge is 0.399 e. The molecule has 112 valence electrons. The fraction of sp³-hybridized carbons (Fsp3) is 0.357. The zero-order valence-electron chi connectivity index (χ0n) is 11.7. The monoisotopic (exact) mass is 307 g/mol. The lowest BCUT2D eigenvalue weighted by atomic mass is 10.1. The number of aryl methyl sites for hydroxylation is 2. The lowest BCUT2D eigenvalue weighted by molar-refractivity contribution is 0.0926. The van der Waals surface area contributed by atoms with Gasteiger partial charge in [-0.3, -0.25) is 4.79 Å². The molecule has 0 spiro atoms. The van der Waals surface area contributed by atoms with Crippen molar-refractivity contribution in [1.82, 2.24) is 20.1 Å². The highest BCUT2D eigenvalue weighted by Crippen LogP contribution is 2.14. The maximum absolute atomic E-state index is 12.2. The van der Waals surface area contributed by atoms with Crippen LogP contribution in [0.1, 0.15) is 28.4 Å². The van der Waals surface area contributed by atoms with Crippen molar-refractivity contribution in [2.24, 2.45) is 0 Å². The zero-order chi connectivity index (χ0) is 14.1. The number of nitrogens with two attached hydrogens (primary N) is 1. The van der Waals surface area contributed by atoms with Gasteiger partial charge in [-0.15, -0.1) is 12.4 Å². The zero-order valence-corrected chi connectivity index (χ0v) is 12.6. The van der Waals surface area contributed by atoms with Crippen molar-refractivity contribution in [3.05, 3.63) is 41.5 Å². The highest BCUT2D eigenvalue weighted by atomic mass is 35.5. The number of benzene rings is 1. The van der Waals surface area contributed by atoms with Crippen LogP contribution in [0.15, 0.2) is 24.3 Å². The number of nitrogen functional groups attached to an aromatic ring is 1. The maximum atomic E-state index is 12.2. The van der Waals surface area contributed by atoms with Crippen LogP contribution in [0.25, 0.3) is 0 Å². The summed E-state index contributed by atoms with van der Waals surface area (Å²) in [5, 5.41) is 7.36. The number of nitrogens with zero attached hydrogens (tertiary/aromatic N) is 3. The third-order valence-electron chi connectivity index (χ3n) is 3.45. The topological polar surface area (TPSA) is 85.8 Å². The van der Waals surface area contributed by atoms with E-state index in [1.54, 1.807) is 24.3 Å². The molecule has 1 aromatic carbocycles. The van der Waals surface area contributed by atoms with Gasteiger partial charge in [0, 0.05) is 23.7 Å². The lowest BCUT2D eigenvalue weighted by Crippen LogP contribution is -2.41. The van der Waals surface area contributed by atoms with Crippen molar-refractivity contribution in [2.45, 2.75) is 32.4 Å². The van der Waals surface area contributed by atoms with Gasteiger partial charge in [0.1, 0.15) is 11.6 Å². The van der Waals surface area contributed by atoms with E-state index in [0.29, 0.717) is 17.8 Å². The third-order valence-corrected chi connectivity index (χ3v) is 3.45. The molecule has 2 heterocycles. The molecule has 0 saturated heterocycles. The molecule has 0 bridgehead atoms. The summed E-state index contributed by atoms with van der Waals surface area (Å²) >= 11 is 0. The SMILES string of the molecule is Cc1nc2n(n1)CC(NC(=O)c1cccc(N)c1)CC2.Cl. The number of anilines is 1. The standard InChI is InChI=1S/C14H17N5O.ClH/c1-9-16-13-6-5-12(8-19(13)18-9)17-14(20)10-3-2-4-11(15)7-10;/h2-4,7,12H,5-6,8,15H2,1H3,(H,17,20);1H. The van der Waals surface area contributed by atoms with Crippen molar-refractivity contribution < 1.29 is 4.79 Å². The molecule has 2 aromatic rings. The normalized spacial score (nSPS) is 16.7. The van der Waals surface area contributed by atoms with Crippen molar-refractivity contribution >= 4 is 24.0 Å². The van der Waals surface area contributed by atoms with Gasteiger partial charge in [0.25, 0.3) is 5.91 Å². The first-order valence-corrected chi connectivity index (χ1v) is 6.68. The predicted octanol–water partition coefficient (Wildman–Crippen LogP) is 1.34. The van der Waals surface area contributed by atoms with Gasteiger partial charge in [-0.1, -0.05) is 6.07 Å². The molecule has 0 saturated carbocycles. The second-order valence-electron chi connectivity index (χ2n) is 5.09. The van der Waals surface area contributed by atoms with Gasteiger partial charge in [0.2, 0.25) is 0 Å². The molecule has 3 N–H and O–H groups in total. The number of nitrogens with one attached hydrogen (secondary N) is 1. The number of amides is 1. The first kappa shape index (κ1) is 15.3. The third kappa shape index (κ3) is 3.33. The number of hydrogen-bond donors (Lipinski definition) is 2. The van der Waals surface area contributed by atoms with Crippen molar-refractivity contribution in [1.29, 1.82) is 0 Å². The molecule has 0 radical (unpaired) electrons. The fourth-order valence-electron chi connectivity index (χ4n) is 2.50. The Morgan fingerprint density at radius 1 is 1.48 bits per heavy atom. The molecule has 7 heteroatoms. The van der Waals surface area contributed by atoms with Crippen LogP contribution < -0.4 is 11.1 Å². The van der Waals surface area contributed by atoms with Crippen molar-refractivity contribution in [3.8, 4) is 0 Å². The van der Waals surface area contributed by atoms with Crippen LogP contribution in [0, 0.1) is 6.92 Å². The summed E-state index contributed by atoms with van der Waals surface area (Å²) in [4.78, 5) is 16.5. The summed E-state index contributed by atoms with van der Waals surface area (Å²) in [5.41, 5.74) is 6.87. The number of carbonyl (C=O) groups excluding carboxylic acids is 1. The summed E-state index contributed by atoms with van der Waals surface area (Å²) in [7, 11) is 0. The van der Waals surface area contributed by atoms with Crippen LogP contribution in [0.3, 0.4) is 0 Å². The van der Waals surface area contributed by atoms with Crippen molar-refractivity contribution in [2.75, 3.05) is 5.73 Å². The minimum Gasteiger partial charge on any atom is -0.399 e. The van der Waals surface area contributed by atoms with Crippen LogP contribution in [0.4, 0.5) is 5.69 Å². The fourth-order valence-corrected chi connectivity index (χ4v) is 2.50. The minimum atomic E-state index is -0.0948. The van der Waals surface area contributed by atoms with Gasteiger partial charge in [-0.05, 0) is 31.5 Å². The number of aromatic nitrogens is 3. The molecule has 1 aliphatic heterocycles. The molecule has 1 atom stereocenters. The second kappa shape index (κ2) is 6.13. The van der Waals surface area contributed by atoms with Gasteiger partial charge in [0.15, 0.2) is 0 Å². The van der Waals surface area contributed by atoms with Crippen molar-refractivity contribution in [3.63, 3.8) is 0 Å². The minimum absolute atomic E-state index is 0. The molecule has 1 amide bonds. The number of fused-ring (bicyclic) bond motifs is 1. The van der Waals surface area contributed by atoms with Crippen LogP contribution in [0.2, 0.25) is 0 Å². The van der Waals surface area contributed by atoms with E-state index >= 15 is 0 Å². The van der Waals surface area contributed by atoms with Gasteiger partial charge in [-0.2, -0.15) is 5.10 Å². The molecule has 6 nitrogen and oxygen atoms in total. The first-order valence-electron chi connectivity index (χ1n) is 6.68. The van der Waals surface area contributed by atoms with E-state index in [9.17, 15) is 4.79 Å². The summed E-state index contributed by atoms with van der Waals surface area (Å²) in [6.07, 6.45) is 1.72. The number of rotatable bonds is 2. The quantitative estimate of drug-likeness (QED) is 0.820. The van der Waals surface area contributed by atoms with E-state index in [-0.39, 0.29) is 24.4 Å². The Bertz CT molecular complexity index is 655. The highest BCUT2D eigenvalue weighted by Gasteiger charge is 2.22. The van der Waals surface area contributed by atoms with Crippen LogP contribution in [-0.4, -0.2) is 26.7 Å². The summed E-state index contributed by atoms with van der Waals surface area (Å²) in [5.74, 6) is 1.68. The van der Waals surface area contributed by atoms with E-state index in [2.05, 4.69) is 15.4 Å². The lowest BCUT2D eigenvalue weighted by Gasteiger charge is -2.23.